The molecule has 0 saturated carbocycles. The smallest absolute Gasteiger partial charge is 0.175 e. The van der Waals surface area contributed by atoms with Crippen LogP contribution in [-0.4, -0.2) is 21.2 Å². The molecule has 1 atom stereocenters. The van der Waals surface area contributed by atoms with Crippen LogP contribution in [0, 0.1) is 0 Å². The second-order valence-corrected chi connectivity index (χ2v) is 6.66. The van der Waals surface area contributed by atoms with Crippen LogP contribution in [0.3, 0.4) is 0 Å². The van der Waals surface area contributed by atoms with E-state index in [4.69, 9.17) is 0 Å². The fourth-order valence-corrected chi connectivity index (χ4v) is 2.63. The normalized spacial score (nSPS) is 13.5. The molecule has 0 aromatic heterocycles. The summed E-state index contributed by atoms with van der Waals surface area (Å²) in [5.41, 5.74) is 1.06. The van der Waals surface area contributed by atoms with Crippen molar-refractivity contribution in [1.82, 2.24) is 5.32 Å². The van der Waals surface area contributed by atoms with Crippen LogP contribution in [0.5, 0.6) is 0 Å². The minimum atomic E-state index is -3.12. The highest BCUT2D eigenvalue weighted by atomic mass is 32.2. The third kappa shape index (κ3) is 4.42. The van der Waals surface area contributed by atoms with Crippen molar-refractivity contribution >= 4 is 9.84 Å². The molecule has 0 heterocycles. The molecular weight excluding hydrogens is 246 g/mol. The topological polar surface area (TPSA) is 46.2 Å². The summed E-state index contributed by atoms with van der Waals surface area (Å²) in [6, 6.07) is 7.51. The van der Waals surface area contributed by atoms with Gasteiger partial charge in [-0.15, -0.1) is 0 Å². The molecule has 0 saturated heterocycles. The van der Waals surface area contributed by atoms with E-state index in [0.717, 1.165) is 31.4 Å². The summed E-state index contributed by atoms with van der Waals surface area (Å²) in [6.07, 6.45) is 4.42. The Hall–Kier alpha value is -0.870. The van der Waals surface area contributed by atoms with Gasteiger partial charge >= 0.3 is 0 Å². The predicted molar refractivity (Wildman–Crippen MR) is 75.5 cm³/mol. The van der Waals surface area contributed by atoms with Crippen molar-refractivity contribution < 1.29 is 8.42 Å². The maximum Gasteiger partial charge on any atom is 0.175 e. The van der Waals surface area contributed by atoms with Gasteiger partial charge in [0.25, 0.3) is 0 Å². The number of nitrogens with one attached hydrogen (secondary N) is 1. The average Bonchev–Trinajstić information content (AvgIpc) is 2.33. The molecule has 3 nitrogen and oxygen atoms in total. The Kier molecular flexibility index (Phi) is 5.82. The molecule has 0 aliphatic rings. The van der Waals surface area contributed by atoms with E-state index >= 15 is 0 Å². The van der Waals surface area contributed by atoms with Crippen LogP contribution in [0.2, 0.25) is 0 Å². The van der Waals surface area contributed by atoms with Gasteiger partial charge in [0.2, 0.25) is 0 Å². The fourth-order valence-electron chi connectivity index (χ4n) is 1.96. The van der Waals surface area contributed by atoms with Crippen molar-refractivity contribution in [3.05, 3.63) is 29.8 Å². The highest BCUT2D eigenvalue weighted by Gasteiger charge is 2.13. The lowest BCUT2D eigenvalue weighted by atomic mass is 10.0. The second-order valence-electron chi connectivity index (χ2n) is 4.64. The molecule has 0 spiro atoms. The van der Waals surface area contributed by atoms with E-state index < -0.39 is 9.84 Å². The van der Waals surface area contributed by atoms with Crippen molar-refractivity contribution in [2.45, 2.75) is 44.0 Å². The van der Waals surface area contributed by atoms with Gasteiger partial charge in [-0.05, 0) is 37.1 Å². The first-order chi connectivity index (χ1) is 8.49. The van der Waals surface area contributed by atoms with Crippen LogP contribution < -0.4 is 5.32 Å². The highest BCUT2D eigenvalue weighted by molar-refractivity contribution is 7.90. The molecule has 1 aromatic carbocycles. The maximum absolute atomic E-state index is 11.6. The van der Waals surface area contributed by atoms with E-state index in [1.165, 1.54) is 6.26 Å². The lowest BCUT2D eigenvalue weighted by Gasteiger charge is -2.18. The summed E-state index contributed by atoms with van der Waals surface area (Å²) in [7, 11) is -3.12. The van der Waals surface area contributed by atoms with Gasteiger partial charge in [-0.25, -0.2) is 8.42 Å². The monoisotopic (exact) mass is 269 g/mol. The minimum Gasteiger partial charge on any atom is -0.310 e. The maximum atomic E-state index is 11.6. The van der Waals surface area contributed by atoms with Crippen LogP contribution in [0.25, 0.3) is 0 Å². The third-order valence-corrected chi connectivity index (χ3v) is 4.02. The van der Waals surface area contributed by atoms with Gasteiger partial charge in [0.15, 0.2) is 9.84 Å². The number of hydrogen-bond acceptors (Lipinski definition) is 3. The lowest BCUT2D eigenvalue weighted by Crippen LogP contribution is -2.22. The summed E-state index contributed by atoms with van der Waals surface area (Å²) in [4.78, 5) is 0.402. The highest BCUT2D eigenvalue weighted by Crippen LogP contribution is 2.21. The van der Waals surface area contributed by atoms with Crippen molar-refractivity contribution in [2.75, 3.05) is 12.8 Å². The summed E-state index contributed by atoms with van der Waals surface area (Å²) in [5, 5.41) is 3.47. The zero-order valence-electron chi connectivity index (χ0n) is 11.4. The number of hydrogen-bond donors (Lipinski definition) is 1. The van der Waals surface area contributed by atoms with Crippen molar-refractivity contribution in [3.8, 4) is 0 Å². The van der Waals surface area contributed by atoms with Gasteiger partial charge in [0, 0.05) is 12.3 Å². The zero-order chi connectivity index (χ0) is 13.6. The molecule has 1 unspecified atom stereocenters. The standard InChI is InChI=1S/C14H23NO2S/c1-4-7-14(15-10-5-2)12-8-6-9-13(11-12)18(3,16)17/h6,8-9,11,14-15H,4-5,7,10H2,1-3H3. The lowest BCUT2D eigenvalue weighted by molar-refractivity contribution is 0.493. The molecule has 4 heteroatoms. The van der Waals surface area contributed by atoms with E-state index in [-0.39, 0.29) is 6.04 Å². The van der Waals surface area contributed by atoms with Gasteiger partial charge < -0.3 is 5.32 Å². The Morgan fingerprint density at radius 2 is 1.94 bits per heavy atom. The minimum absolute atomic E-state index is 0.247. The molecule has 1 N–H and O–H groups in total. The summed E-state index contributed by atoms with van der Waals surface area (Å²) < 4.78 is 23.1. The van der Waals surface area contributed by atoms with E-state index in [1.54, 1.807) is 12.1 Å². The van der Waals surface area contributed by atoms with E-state index in [9.17, 15) is 8.42 Å². The SMILES string of the molecule is CCCNC(CCC)c1cccc(S(C)(=O)=O)c1. The predicted octanol–water partition coefficient (Wildman–Crippen LogP) is 2.93. The molecule has 1 rings (SSSR count). The van der Waals surface area contributed by atoms with Crippen LogP contribution in [-0.2, 0) is 9.84 Å². The molecular formula is C14H23NO2S. The average molecular weight is 269 g/mol. The largest absolute Gasteiger partial charge is 0.310 e. The number of rotatable bonds is 7. The summed E-state index contributed by atoms with van der Waals surface area (Å²) in [6.45, 7) is 5.22. The Bertz CT molecular complexity index is 468. The second kappa shape index (κ2) is 6.90. The van der Waals surface area contributed by atoms with E-state index in [1.807, 2.05) is 12.1 Å². The van der Waals surface area contributed by atoms with Crippen molar-refractivity contribution in [1.29, 1.82) is 0 Å². The molecule has 18 heavy (non-hydrogen) atoms. The molecule has 1 aromatic rings. The first-order valence-electron chi connectivity index (χ1n) is 6.52. The number of benzene rings is 1. The van der Waals surface area contributed by atoms with Crippen LogP contribution in [0.4, 0.5) is 0 Å². The molecule has 0 amide bonds. The Labute approximate surface area is 111 Å². The molecule has 0 bridgehead atoms. The molecule has 0 radical (unpaired) electrons. The molecule has 0 aliphatic carbocycles. The summed E-state index contributed by atoms with van der Waals surface area (Å²) >= 11 is 0. The quantitative estimate of drug-likeness (QED) is 0.828. The van der Waals surface area contributed by atoms with Crippen LogP contribution >= 0.6 is 0 Å². The van der Waals surface area contributed by atoms with Crippen LogP contribution in [0.1, 0.15) is 44.7 Å². The van der Waals surface area contributed by atoms with Crippen LogP contribution in [0.15, 0.2) is 29.2 Å². The van der Waals surface area contributed by atoms with Crippen molar-refractivity contribution in [3.63, 3.8) is 0 Å². The van der Waals surface area contributed by atoms with Gasteiger partial charge in [0.05, 0.1) is 4.90 Å². The first kappa shape index (κ1) is 15.2. The Morgan fingerprint density at radius 1 is 1.22 bits per heavy atom. The summed E-state index contributed by atoms with van der Waals surface area (Å²) in [5.74, 6) is 0. The van der Waals surface area contributed by atoms with Gasteiger partial charge in [-0.1, -0.05) is 32.4 Å². The number of sulfone groups is 1. The Balaban J connectivity index is 2.97. The van der Waals surface area contributed by atoms with E-state index in [2.05, 4.69) is 19.2 Å². The van der Waals surface area contributed by atoms with E-state index in [0.29, 0.717) is 4.90 Å². The molecule has 102 valence electrons. The van der Waals surface area contributed by atoms with Gasteiger partial charge in [-0.3, -0.25) is 0 Å². The zero-order valence-corrected chi connectivity index (χ0v) is 12.3. The fraction of sp³-hybridized carbons (Fsp3) is 0.571. The van der Waals surface area contributed by atoms with Crippen molar-refractivity contribution in [2.24, 2.45) is 0 Å². The molecule has 0 fully saturated rings. The third-order valence-electron chi connectivity index (χ3n) is 2.91. The first-order valence-corrected chi connectivity index (χ1v) is 8.41. The Morgan fingerprint density at radius 3 is 2.50 bits per heavy atom. The van der Waals surface area contributed by atoms with Gasteiger partial charge in [-0.2, -0.15) is 0 Å². The van der Waals surface area contributed by atoms with Gasteiger partial charge in [0.1, 0.15) is 0 Å². The molecule has 0 aliphatic heterocycles.